The molecule has 0 aliphatic carbocycles. The summed E-state index contributed by atoms with van der Waals surface area (Å²) in [5, 5.41) is 25.7. The summed E-state index contributed by atoms with van der Waals surface area (Å²) >= 11 is 6.00. The highest BCUT2D eigenvalue weighted by Gasteiger charge is 2.28. The number of amides is 1. The standard InChI is InChI=1S/C20H22ClN3O4/c1-20(26,14-5-4-6-15(21)11-14)13-22-16-7-8-18(24(27)28)17(12-16)19(25)23-9-2-3-10-23/h4-8,11-12,22,26H,2-3,9-10,13H2,1H3. The van der Waals surface area contributed by atoms with Crippen molar-refractivity contribution in [3.8, 4) is 0 Å². The van der Waals surface area contributed by atoms with Crippen LogP contribution in [0.1, 0.15) is 35.7 Å². The van der Waals surface area contributed by atoms with Crippen LogP contribution in [0.3, 0.4) is 0 Å². The Morgan fingerprint density at radius 1 is 1.29 bits per heavy atom. The fraction of sp³-hybridized carbons (Fsp3) is 0.350. The van der Waals surface area contributed by atoms with Gasteiger partial charge in [0, 0.05) is 36.4 Å². The maximum atomic E-state index is 12.7. The van der Waals surface area contributed by atoms with Crippen molar-refractivity contribution in [2.24, 2.45) is 0 Å². The van der Waals surface area contributed by atoms with E-state index in [2.05, 4.69) is 5.32 Å². The van der Waals surface area contributed by atoms with Gasteiger partial charge in [0.15, 0.2) is 0 Å². The monoisotopic (exact) mass is 403 g/mol. The Balaban J connectivity index is 1.81. The largest absolute Gasteiger partial charge is 0.384 e. The van der Waals surface area contributed by atoms with Crippen LogP contribution in [-0.2, 0) is 5.60 Å². The van der Waals surface area contributed by atoms with Gasteiger partial charge in [-0.05, 0) is 49.6 Å². The molecule has 3 rings (SSSR count). The van der Waals surface area contributed by atoms with Gasteiger partial charge in [0.05, 0.1) is 4.92 Å². The molecular formula is C20H22ClN3O4. The second-order valence-electron chi connectivity index (χ2n) is 7.13. The Morgan fingerprint density at radius 3 is 2.64 bits per heavy atom. The van der Waals surface area contributed by atoms with Crippen molar-refractivity contribution in [2.75, 3.05) is 25.0 Å². The van der Waals surface area contributed by atoms with E-state index in [0.717, 1.165) is 12.8 Å². The summed E-state index contributed by atoms with van der Waals surface area (Å²) in [6, 6.07) is 11.3. The minimum atomic E-state index is -1.22. The van der Waals surface area contributed by atoms with E-state index in [-0.39, 0.29) is 23.7 Å². The first kappa shape index (κ1) is 20.1. The quantitative estimate of drug-likeness (QED) is 0.565. The summed E-state index contributed by atoms with van der Waals surface area (Å²) in [7, 11) is 0. The van der Waals surface area contributed by atoms with Crippen LogP contribution >= 0.6 is 11.6 Å². The number of nitro groups is 1. The molecular weight excluding hydrogens is 382 g/mol. The normalized spacial score (nSPS) is 15.9. The van der Waals surface area contributed by atoms with E-state index in [9.17, 15) is 20.0 Å². The van der Waals surface area contributed by atoms with Crippen molar-refractivity contribution >= 4 is 28.9 Å². The van der Waals surface area contributed by atoms with Gasteiger partial charge in [0.2, 0.25) is 0 Å². The highest BCUT2D eigenvalue weighted by atomic mass is 35.5. The van der Waals surface area contributed by atoms with Gasteiger partial charge < -0.3 is 15.3 Å². The number of benzene rings is 2. The number of nitro benzene ring substituents is 1. The first-order valence-corrected chi connectivity index (χ1v) is 9.46. The average Bonchev–Trinajstić information content (AvgIpc) is 3.20. The number of halogens is 1. The molecule has 2 N–H and O–H groups in total. The fourth-order valence-electron chi connectivity index (χ4n) is 3.27. The third-order valence-corrected chi connectivity index (χ3v) is 5.14. The minimum absolute atomic E-state index is 0.0549. The molecule has 1 unspecified atom stereocenters. The van der Waals surface area contributed by atoms with Crippen molar-refractivity contribution in [2.45, 2.75) is 25.4 Å². The van der Waals surface area contributed by atoms with Crippen LogP contribution in [0.4, 0.5) is 11.4 Å². The zero-order chi connectivity index (χ0) is 20.3. The van der Waals surface area contributed by atoms with Gasteiger partial charge in [-0.3, -0.25) is 14.9 Å². The number of anilines is 1. The minimum Gasteiger partial charge on any atom is -0.384 e. The summed E-state index contributed by atoms with van der Waals surface area (Å²) in [6.07, 6.45) is 1.81. The van der Waals surface area contributed by atoms with Gasteiger partial charge in [-0.15, -0.1) is 0 Å². The van der Waals surface area contributed by atoms with Crippen molar-refractivity contribution in [3.05, 3.63) is 68.7 Å². The predicted molar refractivity (Wildman–Crippen MR) is 108 cm³/mol. The fourth-order valence-corrected chi connectivity index (χ4v) is 3.46. The Hall–Kier alpha value is -2.64. The Kier molecular flexibility index (Phi) is 5.86. The number of rotatable bonds is 6. The molecule has 1 fully saturated rings. The molecule has 1 amide bonds. The number of aliphatic hydroxyl groups is 1. The Morgan fingerprint density at radius 2 is 2.00 bits per heavy atom. The topological polar surface area (TPSA) is 95.7 Å². The van der Waals surface area contributed by atoms with Gasteiger partial charge in [-0.1, -0.05) is 23.7 Å². The van der Waals surface area contributed by atoms with Crippen LogP contribution < -0.4 is 5.32 Å². The highest BCUT2D eigenvalue weighted by molar-refractivity contribution is 6.30. The summed E-state index contributed by atoms with van der Waals surface area (Å²) in [5.74, 6) is -0.338. The third kappa shape index (κ3) is 4.43. The summed E-state index contributed by atoms with van der Waals surface area (Å²) < 4.78 is 0. The molecule has 148 valence electrons. The highest BCUT2D eigenvalue weighted by Crippen LogP contribution is 2.28. The molecule has 1 heterocycles. The van der Waals surface area contributed by atoms with Crippen LogP contribution in [-0.4, -0.2) is 40.5 Å². The lowest BCUT2D eigenvalue weighted by Gasteiger charge is -2.25. The zero-order valence-corrected chi connectivity index (χ0v) is 16.3. The molecule has 2 aromatic rings. The zero-order valence-electron chi connectivity index (χ0n) is 15.5. The van der Waals surface area contributed by atoms with Gasteiger partial charge in [-0.25, -0.2) is 0 Å². The second kappa shape index (κ2) is 8.16. The molecule has 2 aromatic carbocycles. The summed E-state index contributed by atoms with van der Waals surface area (Å²) in [6.45, 7) is 3.00. The smallest absolute Gasteiger partial charge is 0.282 e. The molecule has 1 saturated heterocycles. The number of likely N-dealkylation sites (tertiary alicyclic amines) is 1. The van der Waals surface area contributed by atoms with E-state index in [0.29, 0.717) is 29.4 Å². The van der Waals surface area contributed by atoms with Gasteiger partial charge in [-0.2, -0.15) is 0 Å². The summed E-state index contributed by atoms with van der Waals surface area (Å²) in [5.41, 5.74) is -0.215. The molecule has 0 bridgehead atoms. The molecule has 8 heteroatoms. The number of hydrogen-bond donors (Lipinski definition) is 2. The van der Waals surface area contributed by atoms with Gasteiger partial charge in [0.25, 0.3) is 11.6 Å². The van der Waals surface area contributed by atoms with E-state index in [1.807, 2.05) is 0 Å². The van der Waals surface area contributed by atoms with Gasteiger partial charge >= 0.3 is 0 Å². The molecule has 0 saturated carbocycles. The maximum absolute atomic E-state index is 12.7. The number of carbonyl (C=O) groups is 1. The molecule has 7 nitrogen and oxygen atoms in total. The van der Waals surface area contributed by atoms with Crippen LogP contribution in [0.2, 0.25) is 5.02 Å². The Bertz CT molecular complexity index is 895. The van der Waals surface area contributed by atoms with Crippen LogP contribution in [0, 0.1) is 10.1 Å². The lowest BCUT2D eigenvalue weighted by atomic mass is 9.96. The van der Waals surface area contributed by atoms with E-state index in [1.54, 1.807) is 36.1 Å². The Labute approximate surface area is 168 Å². The van der Waals surface area contributed by atoms with E-state index in [4.69, 9.17) is 11.6 Å². The number of carbonyl (C=O) groups excluding carboxylic acids is 1. The first-order valence-electron chi connectivity index (χ1n) is 9.08. The van der Waals surface area contributed by atoms with Crippen molar-refractivity contribution in [3.63, 3.8) is 0 Å². The molecule has 1 aliphatic heterocycles. The predicted octanol–water partition coefficient (Wildman–Crippen LogP) is 3.80. The lowest BCUT2D eigenvalue weighted by Crippen LogP contribution is -2.31. The number of hydrogen-bond acceptors (Lipinski definition) is 5. The van der Waals surface area contributed by atoms with E-state index in [1.165, 1.54) is 18.2 Å². The molecule has 1 atom stereocenters. The maximum Gasteiger partial charge on any atom is 0.282 e. The molecule has 0 spiro atoms. The number of nitrogens with one attached hydrogen (secondary N) is 1. The SMILES string of the molecule is CC(O)(CNc1ccc([N+](=O)[O-])c(C(=O)N2CCCC2)c1)c1cccc(Cl)c1. The van der Waals surface area contributed by atoms with E-state index >= 15 is 0 Å². The molecule has 28 heavy (non-hydrogen) atoms. The van der Waals surface area contributed by atoms with Crippen molar-refractivity contribution in [1.29, 1.82) is 0 Å². The van der Waals surface area contributed by atoms with Gasteiger partial charge in [0.1, 0.15) is 11.2 Å². The van der Waals surface area contributed by atoms with Crippen LogP contribution in [0.25, 0.3) is 0 Å². The summed E-state index contributed by atoms with van der Waals surface area (Å²) in [4.78, 5) is 25.1. The first-order chi connectivity index (χ1) is 13.3. The van der Waals surface area contributed by atoms with Crippen molar-refractivity contribution in [1.82, 2.24) is 4.90 Å². The average molecular weight is 404 g/mol. The number of nitrogens with zero attached hydrogens (tertiary/aromatic N) is 2. The molecule has 0 aromatic heterocycles. The van der Waals surface area contributed by atoms with Crippen molar-refractivity contribution < 1.29 is 14.8 Å². The van der Waals surface area contributed by atoms with E-state index < -0.39 is 10.5 Å². The van der Waals surface area contributed by atoms with Crippen LogP contribution in [0.5, 0.6) is 0 Å². The lowest BCUT2D eigenvalue weighted by molar-refractivity contribution is -0.385. The second-order valence-corrected chi connectivity index (χ2v) is 7.56. The van der Waals surface area contributed by atoms with Crippen LogP contribution in [0.15, 0.2) is 42.5 Å². The molecule has 1 aliphatic rings. The molecule has 0 radical (unpaired) electrons. The third-order valence-electron chi connectivity index (χ3n) is 4.90.